The van der Waals surface area contributed by atoms with Gasteiger partial charge in [0.25, 0.3) is 5.91 Å². The number of oxazole rings is 1. The molecule has 0 bridgehead atoms. The Kier molecular flexibility index (Phi) is 4.05. The number of aryl methyl sites for hydroxylation is 1. The quantitative estimate of drug-likeness (QED) is 0.710. The van der Waals surface area contributed by atoms with Crippen molar-refractivity contribution in [2.45, 2.75) is 12.8 Å². The lowest BCUT2D eigenvalue weighted by Gasteiger charge is -2.05. The smallest absolute Gasteiger partial charge is 0.408 e. The van der Waals surface area contributed by atoms with Crippen LogP contribution in [0.3, 0.4) is 0 Å². The van der Waals surface area contributed by atoms with Gasteiger partial charge in [-0.1, -0.05) is 30.3 Å². The molecule has 0 saturated heterocycles. The summed E-state index contributed by atoms with van der Waals surface area (Å²) < 4.78 is 4.95. The molecule has 0 fully saturated rings. The summed E-state index contributed by atoms with van der Waals surface area (Å²) in [5.41, 5.74) is 2.72. The number of amides is 1. The third-order valence-corrected chi connectivity index (χ3v) is 3.45. The van der Waals surface area contributed by atoms with Gasteiger partial charge in [0.2, 0.25) is 0 Å². The van der Waals surface area contributed by atoms with Gasteiger partial charge in [-0.25, -0.2) is 4.79 Å². The second-order valence-corrected chi connectivity index (χ2v) is 5.07. The monoisotopic (exact) mass is 296 g/mol. The molecule has 0 spiro atoms. The maximum absolute atomic E-state index is 12.1. The molecule has 0 aliphatic heterocycles. The Morgan fingerprint density at radius 3 is 2.77 bits per heavy atom. The lowest BCUT2D eigenvalue weighted by Crippen LogP contribution is -2.24. The molecule has 1 aromatic heterocycles. The highest BCUT2D eigenvalue weighted by Crippen LogP contribution is 2.12. The number of hydrogen-bond donors (Lipinski definition) is 2. The van der Waals surface area contributed by atoms with Crippen LogP contribution in [0, 0.1) is 0 Å². The van der Waals surface area contributed by atoms with Gasteiger partial charge in [-0.2, -0.15) is 0 Å². The number of carbonyl (C=O) groups is 1. The number of rotatable bonds is 5. The fraction of sp³-hybridized carbons (Fsp3) is 0.176. The largest absolute Gasteiger partial charge is 0.417 e. The van der Waals surface area contributed by atoms with E-state index in [9.17, 15) is 9.59 Å². The molecular weight excluding hydrogens is 280 g/mol. The van der Waals surface area contributed by atoms with Crippen molar-refractivity contribution in [2.75, 3.05) is 6.54 Å². The summed E-state index contributed by atoms with van der Waals surface area (Å²) in [6.07, 6.45) is 1.80. The fourth-order valence-electron chi connectivity index (χ4n) is 2.33. The van der Waals surface area contributed by atoms with Gasteiger partial charge in [-0.15, -0.1) is 0 Å². The van der Waals surface area contributed by atoms with E-state index in [0.717, 1.165) is 12.8 Å². The van der Waals surface area contributed by atoms with Crippen LogP contribution in [0.2, 0.25) is 0 Å². The molecule has 0 unspecified atom stereocenters. The van der Waals surface area contributed by atoms with Crippen LogP contribution in [0.15, 0.2) is 57.7 Å². The molecule has 1 heterocycles. The van der Waals surface area contributed by atoms with Gasteiger partial charge in [0, 0.05) is 12.1 Å². The first kappa shape index (κ1) is 14.1. The minimum absolute atomic E-state index is 0.168. The zero-order valence-electron chi connectivity index (χ0n) is 12.0. The molecule has 5 nitrogen and oxygen atoms in total. The standard InChI is InChI=1S/C17H16N2O3/c20-16(18-10-4-7-12-5-2-1-3-6-12)13-8-9-14-15(11-13)22-17(21)19-14/h1-3,5-6,8-9,11H,4,7,10H2,(H,18,20)(H,19,21). The Morgan fingerprint density at radius 1 is 1.14 bits per heavy atom. The van der Waals surface area contributed by atoms with Crippen molar-refractivity contribution in [2.24, 2.45) is 0 Å². The number of aromatic amines is 1. The molecule has 0 saturated carbocycles. The third-order valence-electron chi connectivity index (χ3n) is 3.45. The van der Waals surface area contributed by atoms with Crippen LogP contribution in [-0.2, 0) is 6.42 Å². The van der Waals surface area contributed by atoms with Crippen molar-refractivity contribution in [3.63, 3.8) is 0 Å². The number of aromatic nitrogens is 1. The summed E-state index contributed by atoms with van der Waals surface area (Å²) in [5.74, 6) is -0.686. The summed E-state index contributed by atoms with van der Waals surface area (Å²) in [6.45, 7) is 0.600. The Balaban J connectivity index is 1.55. The first-order chi connectivity index (χ1) is 10.7. The number of fused-ring (bicyclic) bond motifs is 1. The average Bonchev–Trinajstić information content (AvgIpc) is 2.91. The molecule has 112 valence electrons. The SMILES string of the molecule is O=C(NCCCc1ccccc1)c1ccc2[nH]c(=O)oc2c1. The van der Waals surface area contributed by atoms with E-state index in [1.165, 1.54) is 5.56 Å². The second kappa shape index (κ2) is 6.30. The highest BCUT2D eigenvalue weighted by Gasteiger charge is 2.08. The lowest BCUT2D eigenvalue weighted by atomic mass is 10.1. The number of nitrogens with one attached hydrogen (secondary N) is 2. The van der Waals surface area contributed by atoms with E-state index in [2.05, 4.69) is 22.4 Å². The molecule has 0 aliphatic carbocycles. The zero-order valence-corrected chi connectivity index (χ0v) is 12.0. The van der Waals surface area contributed by atoms with Crippen LogP contribution in [0.1, 0.15) is 22.3 Å². The third kappa shape index (κ3) is 3.25. The van der Waals surface area contributed by atoms with Crippen molar-refractivity contribution in [1.29, 1.82) is 0 Å². The molecule has 3 rings (SSSR count). The van der Waals surface area contributed by atoms with Crippen molar-refractivity contribution < 1.29 is 9.21 Å². The number of benzene rings is 2. The van der Waals surface area contributed by atoms with Crippen LogP contribution in [0.25, 0.3) is 11.1 Å². The molecule has 0 radical (unpaired) electrons. The molecule has 3 aromatic rings. The number of carbonyl (C=O) groups excluding carboxylic acids is 1. The van der Waals surface area contributed by atoms with Crippen molar-refractivity contribution in [1.82, 2.24) is 10.3 Å². The average molecular weight is 296 g/mol. The van der Waals surface area contributed by atoms with Gasteiger partial charge in [-0.05, 0) is 36.6 Å². The van der Waals surface area contributed by atoms with Crippen molar-refractivity contribution in [3.8, 4) is 0 Å². The predicted octanol–water partition coefficient (Wildman–Crippen LogP) is 2.48. The second-order valence-electron chi connectivity index (χ2n) is 5.07. The van der Waals surface area contributed by atoms with Crippen molar-refractivity contribution >= 4 is 17.0 Å². The van der Waals surface area contributed by atoms with Gasteiger partial charge < -0.3 is 9.73 Å². The number of hydrogen-bond acceptors (Lipinski definition) is 3. The van der Waals surface area contributed by atoms with Gasteiger partial charge in [0.05, 0.1) is 5.52 Å². The highest BCUT2D eigenvalue weighted by atomic mass is 16.4. The molecular formula is C17H16N2O3. The first-order valence-corrected chi connectivity index (χ1v) is 7.17. The van der Waals surface area contributed by atoms with Crippen LogP contribution < -0.4 is 11.1 Å². The van der Waals surface area contributed by atoms with E-state index in [1.807, 2.05) is 18.2 Å². The van der Waals surface area contributed by atoms with Gasteiger partial charge in [-0.3, -0.25) is 9.78 Å². The molecule has 0 aliphatic rings. The molecule has 2 aromatic carbocycles. The van der Waals surface area contributed by atoms with E-state index < -0.39 is 5.76 Å². The number of H-pyrrole nitrogens is 1. The molecule has 5 heteroatoms. The minimum Gasteiger partial charge on any atom is -0.408 e. The lowest BCUT2D eigenvalue weighted by molar-refractivity contribution is 0.0953. The summed E-state index contributed by atoms with van der Waals surface area (Å²) in [6, 6.07) is 15.1. The van der Waals surface area contributed by atoms with E-state index in [0.29, 0.717) is 23.2 Å². The fourth-order valence-corrected chi connectivity index (χ4v) is 2.33. The molecule has 0 atom stereocenters. The maximum Gasteiger partial charge on any atom is 0.417 e. The van der Waals surface area contributed by atoms with E-state index in [-0.39, 0.29) is 5.91 Å². The van der Waals surface area contributed by atoms with E-state index in [1.54, 1.807) is 18.2 Å². The van der Waals surface area contributed by atoms with E-state index >= 15 is 0 Å². The van der Waals surface area contributed by atoms with Crippen LogP contribution in [0.5, 0.6) is 0 Å². The molecule has 22 heavy (non-hydrogen) atoms. The first-order valence-electron chi connectivity index (χ1n) is 7.17. The summed E-state index contributed by atoms with van der Waals surface area (Å²) >= 11 is 0. The molecule has 1 amide bonds. The summed E-state index contributed by atoms with van der Waals surface area (Å²) in [5, 5.41) is 2.87. The van der Waals surface area contributed by atoms with Crippen LogP contribution in [0.4, 0.5) is 0 Å². The predicted molar refractivity (Wildman–Crippen MR) is 83.9 cm³/mol. The van der Waals surface area contributed by atoms with Gasteiger partial charge in [0.15, 0.2) is 5.58 Å². The summed E-state index contributed by atoms with van der Waals surface area (Å²) in [7, 11) is 0. The van der Waals surface area contributed by atoms with Crippen molar-refractivity contribution in [3.05, 3.63) is 70.2 Å². The topological polar surface area (TPSA) is 75.1 Å². The maximum atomic E-state index is 12.1. The summed E-state index contributed by atoms with van der Waals surface area (Å²) in [4.78, 5) is 25.7. The van der Waals surface area contributed by atoms with Crippen LogP contribution >= 0.6 is 0 Å². The van der Waals surface area contributed by atoms with Gasteiger partial charge in [0.1, 0.15) is 0 Å². The Hall–Kier alpha value is -2.82. The van der Waals surface area contributed by atoms with E-state index in [4.69, 9.17) is 4.42 Å². The minimum atomic E-state index is -0.518. The molecule has 2 N–H and O–H groups in total. The highest BCUT2D eigenvalue weighted by molar-refractivity contribution is 5.96. The van der Waals surface area contributed by atoms with Gasteiger partial charge >= 0.3 is 5.76 Å². The Morgan fingerprint density at radius 2 is 1.95 bits per heavy atom. The Bertz CT molecular complexity index is 834. The van der Waals surface area contributed by atoms with Crippen LogP contribution in [-0.4, -0.2) is 17.4 Å². The normalized spacial score (nSPS) is 10.7. The zero-order chi connectivity index (χ0) is 15.4. The Labute approximate surface area is 127 Å².